The van der Waals surface area contributed by atoms with Crippen molar-refractivity contribution in [3.63, 3.8) is 0 Å². The highest BCUT2D eigenvalue weighted by Crippen LogP contribution is 2.18. The second-order valence-electron chi connectivity index (χ2n) is 5.76. The molecule has 25 heavy (non-hydrogen) atoms. The first-order valence-corrected chi connectivity index (χ1v) is 8.43. The van der Waals surface area contributed by atoms with Gasteiger partial charge >= 0.3 is 5.97 Å². The molecule has 1 amide bonds. The van der Waals surface area contributed by atoms with Crippen molar-refractivity contribution in [2.45, 2.75) is 27.3 Å². The van der Waals surface area contributed by atoms with E-state index in [-0.39, 0.29) is 5.91 Å². The molecule has 0 aliphatic heterocycles. The maximum atomic E-state index is 12.3. The van der Waals surface area contributed by atoms with E-state index in [9.17, 15) is 9.59 Å². The Hall–Kier alpha value is -2.66. The molecular weight excluding hydrogens is 316 g/mol. The number of nitrogens with one attached hydrogen (secondary N) is 1. The molecule has 0 bridgehead atoms. The van der Waals surface area contributed by atoms with Gasteiger partial charge in [0.05, 0.1) is 5.56 Å². The Bertz CT molecular complexity index is 722. The Morgan fingerprint density at radius 3 is 2.32 bits per heavy atom. The van der Waals surface area contributed by atoms with Crippen LogP contribution in [0.2, 0.25) is 0 Å². The van der Waals surface area contributed by atoms with E-state index in [2.05, 4.69) is 24.1 Å². The summed E-state index contributed by atoms with van der Waals surface area (Å²) in [7, 11) is 0. The smallest absolute Gasteiger partial charge is 0.343 e. The van der Waals surface area contributed by atoms with Gasteiger partial charge in [-0.25, -0.2) is 4.79 Å². The minimum Gasteiger partial charge on any atom is -0.423 e. The van der Waals surface area contributed by atoms with Gasteiger partial charge in [0.1, 0.15) is 5.75 Å². The second kappa shape index (κ2) is 8.99. The zero-order valence-corrected chi connectivity index (χ0v) is 14.9. The van der Waals surface area contributed by atoms with Gasteiger partial charge in [0.15, 0.2) is 0 Å². The molecule has 0 fully saturated rings. The molecule has 0 aromatic heterocycles. The number of rotatable bonds is 7. The lowest BCUT2D eigenvalue weighted by molar-refractivity contribution is -0.114. The summed E-state index contributed by atoms with van der Waals surface area (Å²) in [6, 6.07) is 14.2. The molecule has 132 valence electrons. The average Bonchev–Trinajstić information content (AvgIpc) is 2.61. The molecule has 5 nitrogen and oxygen atoms in total. The molecule has 5 heteroatoms. The normalized spacial score (nSPS) is 10.6. The van der Waals surface area contributed by atoms with E-state index in [0.29, 0.717) is 17.0 Å². The minimum atomic E-state index is -0.395. The summed E-state index contributed by atoms with van der Waals surface area (Å²) >= 11 is 0. The second-order valence-corrected chi connectivity index (χ2v) is 5.76. The van der Waals surface area contributed by atoms with E-state index in [0.717, 1.165) is 25.2 Å². The minimum absolute atomic E-state index is 0.144. The van der Waals surface area contributed by atoms with Gasteiger partial charge in [-0.1, -0.05) is 26.0 Å². The van der Waals surface area contributed by atoms with Crippen LogP contribution in [0, 0.1) is 0 Å². The fourth-order valence-electron chi connectivity index (χ4n) is 2.48. The van der Waals surface area contributed by atoms with Crippen LogP contribution in [-0.4, -0.2) is 29.9 Å². The van der Waals surface area contributed by atoms with Crippen LogP contribution in [0.5, 0.6) is 5.75 Å². The third-order valence-corrected chi connectivity index (χ3v) is 3.85. The van der Waals surface area contributed by atoms with E-state index in [1.165, 1.54) is 6.92 Å². The van der Waals surface area contributed by atoms with Crippen LogP contribution < -0.4 is 10.1 Å². The van der Waals surface area contributed by atoms with Gasteiger partial charge in [0.2, 0.25) is 5.91 Å². The van der Waals surface area contributed by atoms with Crippen molar-refractivity contribution in [3.8, 4) is 5.75 Å². The average molecular weight is 340 g/mol. The van der Waals surface area contributed by atoms with Crippen molar-refractivity contribution in [1.82, 2.24) is 4.90 Å². The number of ether oxygens (including phenoxy) is 1. The van der Waals surface area contributed by atoms with Gasteiger partial charge in [-0.15, -0.1) is 0 Å². The van der Waals surface area contributed by atoms with Crippen LogP contribution in [0.1, 0.15) is 36.7 Å². The Balaban J connectivity index is 2.04. The van der Waals surface area contributed by atoms with Crippen molar-refractivity contribution < 1.29 is 14.3 Å². The molecule has 0 heterocycles. The maximum absolute atomic E-state index is 12.3. The van der Waals surface area contributed by atoms with Crippen LogP contribution in [0.25, 0.3) is 0 Å². The van der Waals surface area contributed by atoms with Crippen LogP contribution in [0.4, 0.5) is 5.69 Å². The van der Waals surface area contributed by atoms with Crippen molar-refractivity contribution in [1.29, 1.82) is 0 Å². The molecule has 0 saturated carbocycles. The first kappa shape index (κ1) is 18.7. The standard InChI is InChI=1S/C20H24N2O3/c1-4-22(5-2)14-16-7-6-8-17(13-16)20(24)25-19-11-9-18(10-12-19)21-15(3)23/h6-13H,4-5,14H2,1-3H3,(H,21,23). The zero-order chi connectivity index (χ0) is 18.2. The van der Waals surface area contributed by atoms with Gasteiger partial charge in [-0.3, -0.25) is 9.69 Å². The number of carbonyl (C=O) groups excluding carboxylic acids is 2. The molecule has 0 aliphatic rings. The molecule has 0 radical (unpaired) electrons. The third-order valence-electron chi connectivity index (χ3n) is 3.85. The predicted octanol–water partition coefficient (Wildman–Crippen LogP) is 3.71. The first-order valence-electron chi connectivity index (χ1n) is 8.43. The number of hydrogen-bond donors (Lipinski definition) is 1. The summed E-state index contributed by atoms with van der Waals surface area (Å²) in [5.74, 6) is -0.100. The monoisotopic (exact) mass is 340 g/mol. The lowest BCUT2D eigenvalue weighted by atomic mass is 10.1. The van der Waals surface area contributed by atoms with Gasteiger partial charge < -0.3 is 10.1 Å². The molecular formula is C20H24N2O3. The molecule has 2 aromatic carbocycles. The number of esters is 1. The first-order chi connectivity index (χ1) is 12.0. The van der Waals surface area contributed by atoms with E-state index in [1.54, 1.807) is 30.3 Å². The summed E-state index contributed by atoms with van der Waals surface area (Å²) < 4.78 is 5.41. The summed E-state index contributed by atoms with van der Waals surface area (Å²) in [6.07, 6.45) is 0. The summed E-state index contributed by atoms with van der Waals surface area (Å²) in [5.41, 5.74) is 2.27. The predicted molar refractivity (Wildman–Crippen MR) is 98.8 cm³/mol. The molecule has 1 N–H and O–H groups in total. The van der Waals surface area contributed by atoms with Crippen molar-refractivity contribution in [2.75, 3.05) is 18.4 Å². The fraction of sp³-hybridized carbons (Fsp3) is 0.300. The van der Waals surface area contributed by atoms with E-state index in [1.807, 2.05) is 18.2 Å². The van der Waals surface area contributed by atoms with Gasteiger partial charge in [0.25, 0.3) is 0 Å². The zero-order valence-electron chi connectivity index (χ0n) is 14.9. The number of amides is 1. The van der Waals surface area contributed by atoms with Gasteiger partial charge in [0, 0.05) is 19.2 Å². The molecule has 0 unspecified atom stereocenters. The number of anilines is 1. The van der Waals surface area contributed by atoms with Crippen molar-refractivity contribution in [3.05, 3.63) is 59.7 Å². The maximum Gasteiger partial charge on any atom is 0.343 e. The van der Waals surface area contributed by atoms with Gasteiger partial charge in [-0.05, 0) is 55.1 Å². The summed E-state index contributed by atoms with van der Waals surface area (Å²) in [4.78, 5) is 25.6. The van der Waals surface area contributed by atoms with Crippen molar-refractivity contribution in [2.24, 2.45) is 0 Å². The SMILES string of the molecule is CCN(CC)Cc1cccc(C(=O)Oc2ccc(NC(C)=O)cc2)c1. The molecule has 0 spiro atoms. The number of carbonyl (C=O) groups is 2. The van der Waals surface area contributed by atoms with Crippen LogP contribution in [-0.2, 0) is 11.3 Å². The third kappa shape index (κ3) is 5.72. The number of nitrogens with zero attached hydrogens (tertiary/aromatic N) is 1. The number of benzene rings is 2. The van der Waals surface area contributed by atoms with E-state index >= 15 is 0 Å². The fourth-order valence-corrected chi connectivity index (χ4v) is 2.48. The molecule has 2 rings (SSSR count). The Morgan fingerprint density at radius 1 is 1.04 bits per heavy atom. The van der Waals surface area contributed by atoms with E-state index < -0.39 is 5.97 Å². The highest BCUT2D eigenvalue weighted by atomic mass is 16.5. The number of hydrogen-bond acceptors (Lipinski definition) is 4. The van der Waals surface area contributed by atoms with Gasteiger partial charge in [-0.2, -0.15) is 0 Å². The van der Waals surface area contributed by atoms with Crippen LogP contribution in [0.3, 0.4) is 0 Å². The van der Waals surface area contributed by atoms with Crippen molar-refractivity contribution >= 4 is 17.6 Å². The molecule has 0 saturated heterocycles. The Morgan fingerprint density at radius 2 is 1.72 bits per heavy atom. The Kier molecular flexibility index (Phi) is 6.71. The molecule has 2 aromatic rings. The quantitative estimate of drug-likeness (QED) is 0.617. The highest BCUT2D eigenvalue weighted by Gasteiger charge is 2.10. The summed E-state index contributed by atoms with van der Waals surface area (Å²) in [6.45, 7) is 8.41. The van der Waals surface area contributed by atoms with Crippen LogP contribution in [0.15, 0.2) is 48.5 Å². The topological polar surface area (TPSA) is 58.6 Å². The molecule has 0 atom stereocenters. The van der Waals surface area contributed by atoms with E-state index in [4.69, 9.17) is 4.74 Å². The van der Waals surface area contributed by atoms with Crippen LogP contribution >= 0.6 is 0 Å². The summed E-state index contributed by atoms with van der Waals surface area (Å²) in [5, 5.41) is 2.67. The lowest BCUT2D eigenvalue weighted by Crippen LogP contribution is -2.22. The highest BCUT2D eigenvalue weighted by molar-refractivity contribution is 5.91. The Labute approximate surface area is 148 Å². The largest absolute Gasteiger partial charge is 0.423 e. The molecule has 0 aliphatic carbocycles. The lowest BCUT2D eigenvalue weighted by Gasteiger charge is -2.18.